The second-order valence-corrected chi connectivity index (χ2v) is 5.26. The van der Waals surface area contributed by atoms with Crippen molar-refractivity contribution in [2.45, 2.75) is 6.92 Å². The number of fused-ring (bicyclic) bond motifs is 1. The maximum Gasteiger partial charge on any atom is 0.155 e. The van der Waals surface area contributed by atoms with E-state index in [1.807, 2.05) is 54.0 Å². The van der Waals surface area contributed by atoms with Gasteiger partial charge < -0.3 is 14.9 Å². The van der Waals surface area contributed by atoms with Crippen molar-refractivity contribution in [2.24, 2.45) is 5.73 Å². The Labute approximate surface area is 128 Å². The molecule has 0 aliphatic carbocycles. The summed E-state index contributed by atoms with van der Waals surface area (Å²) < 4.78 is 7.43. The molecule has 0 unspecified atom stereocenters. The number of benzene rings is 1. The number of aromatic nitrogens is 2. The summed E-state index contributed by atoms with van der Waals surface area (Å²) in [7, 11) is 0. The molecule has 0 saturated carbocycles. The van der Waals surface area contributed by atoms with E-state index in [4.69, 9.17) is 22.1 Å². The van der Waals surface area contributed by atoms with Crippen LogP contribution in [0.1, 0.15) is 5.69 Å². The Bertz CT molecular complexity index is 765. The first-order valence-electron chi connectivity index (χ1n) is 6.75. The van der Waals surface area contributed by atoms with Crippen molar-refractivity contribution in [1.29, 1.82) is 0 Å². The molecule has 108 valence electrons. The highest BCUT2D eigenvalue weighted by atomic mass is 35.5. The molecule has 0 amide bonds. The van der Waals surface area contributed by atoms with Crippen LogP contribution in [-0.4, -0.2) is 22.5 Å². The van der Waals surface area contributed by atoms with Gasteiger partial charge in [-0.15, -0.1) is 0 Å². The van der Waals surface area contributed by atoms with Gasteiger partial charge in [0.2, 0.25) is 0 Å². The lowest BCUT2D eigenvalue weighted by Gasteiger charge is -2.07. The third-order valence-corrected chi connectivity index (χ3v) is 3.48. The summed E-state index contributed by atoms with van der Waals surface area (Å²) >= 11 is 6.30. The first-order valence-corrected chi connectivity index (χ1v) is 7.13. The zero-order chi connectivity index (χ0) is 14.8. The van der Waals surface area contributed by atoms with Crippen molar-refractivity contribution in [3.05, 3.63) is 53.4 Å². The van der Waals surface area contributed by atoms with Crippen LogP contribution in [-0.2, 0) is 0 Å². The van der Waals surface area contributed by atoms with Crippen LogP contribution in [0, 0.1) is 6.92 Å². The normalized spacial score (nSPS) is 11.0. The molecule has 2 heterocycles. The summed E-state index contributed by atoms with van der Waals surface area (Å²) in [6, 6.07) is 9.81. The van der Waals surface area contributed by atoms with Gasteiger partial charge in [-0.25, -0.2) is 4.98 Å². The van der Waals surface area contributed by atoms with Crippen LogP contribution in [0.5, 0.6) is 5.75 Å². The molecule has 4 nitrogen and oxygen atoms in total. The van der Waals surface area contributed by atoms with E-state index in [-0.39, 0.29) is 0 Å². The van der Waals surface area contributed by atoms with Crippen LogP contribution in [0.15, 0.2) is 42.7 Å². The zero-order valence-corrected chi connectivity index (χ0v) is 12.5. The van der Waals surface area contributed by atoms with E-state index < -0.39 is 0 Å². The quantitative estimate of drug-likeness (QED) is 0.804. The van der Waals surface area contributed by atoms with E-state index >= 15 is 0 Å². The van der Waals surface area contributed by atoms with Gasteiger partial charge in [-0.05, 0) is 36.2 Å². The van der Waals surface area contributed by atoms with Gasteiger partial charge in [0.1, 0.15) is 12.4 Å². The molecule has 0 fully saturated rings. The standard InChI is InChI=1S/C16H16ClN3O/c1-11-9-20-10-13(8-15(17)16(20)19-11)12-2-4-14(5-3-12)21-7-6-18/h2-5,8-10H,6-7,18H2,1H3. The molecule has 21 heavy (non-hydrogen) atoms. The van der Waals surface area contributed by atoms with Gasteiger partial charge in [-0.3, -0.25) is 0 Å². The molecule has 0 saturated heterocycles. The average Bonchev–Trinajstić information content (AvgIpc) is 2.86. The zero-order valence-electron chi connectivity index (χ0n) is 11.7. The number of pyridine rings is 1. The lowest BCUT2D eigenvalue weighted by molar-refractivity contribution is 0.328. The van der Waals surface area contributed by atoms with Crippen LogP contribution in [0.3, 0.4) is 0 Å². The molecule has 3 rings (SSSR count). The van der Waals surface area contributed by atoms with E-state index in [0.717, 1.165) is 28.2 Å². The van der Waals surface area contributed by atoms with Gasteiger partial charge in [0.15, 0.2) is 5.65 Å². The minimum atomic E-state index is 0.508. The minimum absolute atomic E-state index is 0.508. The number of hydrogen-bond donors (Lipinski definition) is 1. The average molecular weight is 302 g/mol. The number of nitrogens with zero attached hydrogens (tertiary/aromatic N) is 2. The van der Waals surface area contributed by atoms with Crippen molar-refractivity contribution in [3.63, 3.8) is 0 Å². The summed E-state index contributed by atoms with van der Waals surface area (Å²) in [5.41, 5.74) is 9.25. The third-order valence-electron chi connectivity index (χ3n) is 3.20. The molecule has 0 aliphatic rings. The summed E-state index contributed by atoms with van der Waals surface area (Å²) in [6.45, 7) is 2.98. The molecular formula is C16H16ClN3O. The third kappa shape index (κ3) is 2.86. The molecule has 0 atom stereocenters. The summed E-state index contributed by atoms with van der Waals surface area (Å²) in [5.74, 6) is 0.815. The molecule has 1 aromatic carbocycles. The predicted molar refractivity (Wildman–Crippen MR) is 84.9 cm³/mol. The second kappa shape index (κ2) is 5.76. The maximum absolute atomic E-state index is 6.30. The van der Waals surface area contributed by atoms with Gasteiger partial charge in [0.25, 0.3) is 0 Å². The van der Waals surface area contributed by atoms with Crippen molar-refractivity contribution in [3.8, 4) is 16.9 Å². The second-order valence-electron chi connectivity index (χ2n) is 4.85. The molecule has 3 aromatic rings. The first kappa shape index (κ1) is 13.9. The van der Waals surface area contributed by atoms with Gasteiger partial charge in [-0.1, -0.05) is 23.7 Å². The minimum Gasteiger partial charge on any atom is -0.492 e. The van der Waals surface area contributed by atoms with Crippen LogP contribution < -0.4 is 10.5 Å². The maximum atomic E-state index is 6.30. The number of rotatable bonds is 4. The van der Waals surface area contributed by atoms with Crippen molar-refractivity contribution >= 4 is 17.2 Å². The molecule has 0 aliphatic heterocycles. The van der Waals surface area contributed by atoms with Crippen LogP contribution in [0.2, 0.25) is 5.02 Å². The fraction of sp³-hybridized carbons (Fsp3) is 0.188. The van der Waals surface area contributed by atoms with E-state index in [1.165, 1.54) is 0 Å². The number of halogens is 1. The highest BCUT2D eigenvalue weighted by Crippen LogP contribution is 2.27. The highest BCUT2D eigenvalue weighted by molar-refractivity contribution is 6.33. The molecule has 5 heteroatoms. The Morgan fingerprint density at radius 1 is 1.19 bits per heavy atom. The smallest absolute Gasteiger partial charge is 0.155 e. The highest BCUT2D eigenvalue weighted by Gasteiger charge is 2.07. The summed E-state index contributed by atoms with van der Waals surface area (Å²) in [6.07, 6.45) is 3.99. The number of imidazole rings is 1. The van der Waals surface area contributed by atoms with E-state index in [1.54, 1.807) is 0 Å². The fourth-order valence-electron chi connectivity index (χ4n) is 2.26. The van der Waals surface area contributed by atoms with Crippen LogP contribution in [0.25, 0.3) is 16.8 Å². The van der Waals surface area contributed by atoms with Gasteiger partial charge in [0.05, 0.1) is 10.7 Å². The fourth-order valence-corrected chi connectivity index (χ4v) is 2.52. The molecule has 0 bridgehead atoms. The molecule has 2 aromatic heterocycles. The monoisotopic (exact) mass is 301 g/mol. The van der Waals surface area contributed by atoms with Gasteiger partial charge >= 0.3 is 0 Å². The van der Waals surface area contributed by atoms with Crippen LogP contribution in [0.4, 0.5) is 0 Å². The number of nitrogens with two attached hydrogens (primary N) is 1. The largest absolute Gasteiger partial charge is 0.492 e. The Kier molecular flexibility index (Phi) is 3.82. The Morgan fingerprint density at radius 2 is 1.95 bits per heavy atom. The van der Waals surface area contributed by atoms with Gasteiger partial charge in [0, 0.05) is 18.9 Å². The topological polar surface area (TPSA) is 52.5 Å². The Hall–Kier alpha value is -2.04. The lowest BCUT2D eigenvalue weighted by atomic mass is 10.1. The number of aryl methyl sites for hydroxylation is 1. The predicted octanol–water partition coefficient (Wildman–Crippen LogP) is 3.30. The van der Waals surface area contributed by atoms with Crippen LogP contribution >= 0.6 is 11.6 Å². The number of hydrogen-bond acceptors (Lipinski definition) is 3. The Balaban J connectivity index is 1.96. The molecule has 0 spiro atoms. The summed E-state index contributed by atoms with van der Waals surface area (Å²) in [4.78, 5) is 4.39. The van der Waals surface area contributed by atoms with Crippen molar-refractivity contribution in [1.82, 2.24) is 9.38 Å². The van der Waals surface area contributed by atoms with E-state index in [2.05, 4.69) is 4.98 Å². The van der Waals surface area contributed by atoms with E-state index in [0.29, 0.717) is 18.2 Å². The molecule has 2 N–H and O–H groups in total. The Morgan fingerprint density at radius 3 is 2.67 bits per heavy atom. The molecular weight excluding hydrogens is 286 g/mol. The van der Waals surface area contributed by atoms with Crippen molar-refractivity contribution in [2.75, 3.05) is 13.2 Å². The summed E-state index contributed by atoms with van der Waals surface area (Å²) in [5, 5.41) is 0.643. The molecule has 0 radical (unpaired) electrons. The number of ether oxygens (including phenoxy) is 1. The van der Waals surface area contributed by atoms with Gasteiger partial charge in [-0.2, -0.15) is 0 Å². The lowest BCUT2D eigenvalue weighted by Crippen LogP contribution is -2.10. The first-order chi connectivity index (χ1) is 10.2. The van der Waals surface area contributed by atoms with Crippen molar-refractivity contribution < 1.29 is 4.74 Å². The SMILES string of the molecule is Cc1cn2cc(-c3ccc(OCCN)cc3)cc(Cl)c2n1. The van der Waals surface area contributed by atoms with E-state index in [9.17, 15) is 0 Å².